The van der Waals surface area contributed by atoms with E-state index in [1.54, 1.807) is 12.1 Å². The lowest BCUT2D eigenvalue weighted by Gasteiger charge is -2.12. The maximum Gasteiger partial charge on any atom is 0.251 e. The summed E-state index contributed by atoms with van der Waals surface area (Å²) in [5.41, 5.74) is 2.21. The SMILES string of the molecule is CNCCCC(=O)Nc1ccc(C(=O)NC(C)C)c(C)c1.Cl. The van der Waals surface area contributed by atoms with E-state index in [2.05, 4.69) is 16.0 Å². The molecule has 124 valence electrons. The van der Waals surface area contributed by atoms with E-state index in [1.165, 1.54) is 0 Å². The lowest BCUT2D eigenvalue weighted by Crippen LogP contribution is -2.30. The van der Waals surface area contributed by atoms with Gasteiger partial charge in [-0.15, -0.1) is 12.4 Å². The number of amides is 2. The molecule has 0 aliphatic carbocycles. The van der Waals surface area contributed by atoms with Crippen LogP contribution in [-0.4, -0.2) is 31.4 Å². The highest BCUT2D eigenvalue weighted by molar-refractivity contribution is 5.97. The molecule has 0 fully saturated rings. The Balaban J connectivity index is 0.00000441. The second-order valence-electron chi connectivity index (χ2n) is 5.41. The van der Waals surface area contributed by atoms with Gasteiger partial charge in [-0.05, 0) is 64.5 Å². The summed E-state index contributed by atoms with van der Waals surface area (Å²) in [6, 6.07) is 5.43. The second kappa shape index (κ2) is 10.2. The third-order valence-electron chi connectivity index (χ3n) is 3.01. The van der Waals surface area contributed by atoms with Crippen LogP contribution in [0.5, 0.6) is 0 Å². The number of rotatable bonds is 7. The predicted molar refractivity (Wildman–Crippen MR) is 92.8 cm³/mol. The van der Waals surface area contributed by atoms with Crippen LogP contribution >= 0.6 is 12.4 Å². The van der Waals surface area contributed by atoms with Crippen molar-refractivity contribution in [3.05, 3.63) is 29.3 Å². The molecule has 0 atom stereocenters. The first-order valence-electron chi connectivity index (χ1n) is 7.30. The summed E-state index contributed by atoms with van der Waals surface area (Å²) in [7, 11) is 1.86. The summed E-state index contributed by atoms with van der Waals surface area (Å²) in [4.78, 5) is 23.7. The van der Waals surface area contributed by atoms with Crippen LogP contribution in [0.3, 0.4) is 0 Å². The van der Waals surface area contributed by atoms with Gasteiger partial charge in [0.05, 0.1) is 0 Å². The molecule has 0 saturated carbocycles. The molecular formula is C16H26ClN3O2. The van der Waals surface area contributed by atoms with E-state index < -0.39 is 0 Å². The largest absolute Gasteiger partial charge is 0.350 e. The Morgan fingerprint density at radius 3 is 2.45 bits per heavy atom. The van der Waals surface area contributed by atoms with E-state index in [4.69, 9.17) is 0 Å². The van der Waals surface area contributed by atoms with Crippen molar-refractivity contribution in [2.75, 3.05) is 18.9 Å². The van der Waals surface area contributed by atoms with Crippen molar-refractivity contribution in [1.82, 2.24) is 10.6 Å². The Morgan fingerprint density at radius 2 is 1.91 bits per heavy atom. The molecule has 0 aliphatic heterocycles. The van der Waals surface area contributed by atoms with Gasteiger partial charge >= 0.3 is 0 Å². The Labute approximate surface area is 138 Å². The van der Waals surface area contributed by atoms with Gasteiger partial charge in [0.25, 0.3) is 5.91 Å². The van der Waals surface area contributed by atoms with Crippen molar-refractivity contribution in [1.29, 1.82) is 0 Å². The van der Waals surface area contributed by atoms with E-state index >= 15 is 0 Å². The van der Waals surface area contributed by atoms with Gasteiger partial charge < -0.3 is 16.0 Å². The average Bonchev–Trinajstić information content (AvgIpc) is 2.38. The van der Waals surface area contributed by atoms with Crippen LogP contribution < -0.4 is 16.0 Å². The molecule has 0 aromatic heterocycles. The van der Waals surface area contributed by atoms with Crippen LogP contribution in [-0.2, 0) is 4.79 Å². The first-order valence-corrected chi connectivity index (χ1v) is 7.30. The van der Waals surface area contributed by atoms with Crippen molar-refractivity contribution in [2.24, 2.45) is 0 Å². The van der Waals surface area contributed by atoms with Gasteiger partial charge in [0, 0.05) is 23.7 Å². The highest BCUT2D eigenvalue weighted by Crippen LogP contribution is 2.15. The van der Waals surface area contributed by atoms with E-state index in [9.17, 15) is 9.59 Å². The molecule has 0 unspecified atom stereocenters. The zero-order valence-electron chi connectivity index (χ0n) is 13.7. The number of carbonyl (C=O) groups excluding carboxylic acids is 2. The molecule has 2 amide bonds. The number of anilines is 1. The van der Waals surface area contributed by atoms with E-state index in [0.29, 0.717) is 12.0 Å². The Morgan fingerprint density at radius 1 is 1.23 bits per heavy atom. The molecule has 5 nitrogen and oxygen atoms in total. The summed E-state index contributed by atoms with van der Waals surface area (Å²) >= 11 is 0. The minimum atomic E-state index is -0.0885. The zero-order valence-corrected chi connectivity index (χ0v) is 14.5. The van der Waals surface area contributed by atoms with Gasteiger partial charge in [-0.3, -0.25) is 9.59 Å². The molecule has 0 saturated heterocycles. The van der Waals surface area contributed by atoms with Gasteiger partial charge in [0.15, 0.2) is 0 Å². The molecule has 0 heterocycles. The van der Waals surface area contributed by atoms with Crippen LogP contribution in [0, 0.1) is 6.92 Å². The molecule has 0 bridgehead atoms. The Kier molecular flexibility index (Phi) is 9.45. The molecule has 0 aliphatic rings. The number of hydrogen-bond acceptors (Lipinski definition) is 3. The van der Waals surface area contributed by atoms with Crippen LogP contribution in [0.2, 0.25) is 0 Å². The number of halogens is 1. The predicted octanol–water partition coefficient (Wildman–Crippen LogP) is 2.49. The highest BCUT2D eigenvalue weighted by Gasteiger charge is 2.11. The minimum Gasteiger partial charge on any atom is -0.350 e. The first-order chi connectivity index (χ1) is 9.93. The molecule has 22 heavy (non-hydrogen) atoms. The molecule has 1 aromatic rings. The topological polar surface area (TPSA) is 70.2 Å². The van der Waals surface area contributed by atoms with Crippen molar-refractivity contribution in [2.45, 2.75) is 39.7 Å². The molecular weight excluding hydrogens is 302 g/mol. The summed E-state index contributed by atoms with van der Waals surface area (Å²) < 4.78 is 0. The lowest BCUT2D eigenvalue weighted by atomic mass is 10.1. The maximum atomic E-state index is 12.0. The normalized spacial score (nSPS) is 10.0. The van der Waals surface area contributed by atoms with Gasteiger partial charge in [0.1, 0.15) is 0 Å². The molecule has 6 heteroatoms. The third-order valence-corrected chi connectivity index (χ3v) is 3.01. The quantitative estimate of drug-likeness (QED) is 0.674. The van der Waals surface area contributed by atoms with Gasteiger partial charge in [0.2, 0.25) is 5.91 Å². The lowest BCUT2D eigenvalue weighted by molar-refractivity contribution is -0.116. The van der Waals surface area contributed by atoms with Gasteiger partial charge in [-0.1, -0.05) is 0 Å². The third kappa shape index (κ3) is 6.91. The molecule has 1 aromatic carbocycles. The Hall–Kier alpha value is -1.59. The minimum absolute atomic E-state index is 0. The maximum absolute atomic E-state index is 12.0. The van der Waals surface area contributed by atoms with Crippen molar-refractivity contribution >= 4 is 29.9 Å². The first kappa shape index (κ1) is 20.4. The summed E-state index contributed by atoms with van der Waals surface area (Å²) in [6.45, 7) is 6.53. The fourth-order valence-electron chi connectivity index (χ4n) is 1.99. The number of hydrogen-bond donors (Lipinski definition) is 3. The smallest absolute Gasteiger partial charge is 0.251 e. The van der Waals surface area contributed by atoms with E-state index in [-0.39, 0.29) is 30.3 Å². The van der Waals surface area contributed by atoms with E-state index in [0.717, 1.165) is 24.2 Å². The van der Waals surface area contributed by atoms with Crippen LogP contribution in [0.15, 0.2) is 18.2 Å². The molecule has 0 radical (unpaired) electrons. The van der Waals surface area contributed by atoms with Gasteiger partial charge in [-0.25, -0.2) is 0 Å². The fraction of sp³-hybridized carbons (Fsp3) is 0.500. The number of aryl methyl sites for hydroxylation is 1. The molecule has 1 rings (SSSR count). The highest BCUT2D eigenvalue weighted by atomic mass is 35.5. The van der Waals surface area contributed by atoms with Crippen LogP contribution in [0.4, 0.5) is 5.69 Å². The molecule has 0 spiro atoms. The van der Waals surface area contributed by atoms with Crippen molar-refractivity contribution < 1.29 is 9.59 Å². The standard InChI is InChI=1S/C16H25N3O2.ClH/c1-11(2)18-16(21)14-8-7-13(10-12(14)3)19-15(20)6-5-9-17-4;/h7-8,10-11,17H,5-6,9H2,1-4H3,(H,18,21)(H,19,20);1H. The monoisotopic (exact) mass is 327 g/mol. The van der Waals surface area contributed by atoms with Crippen LogP contribution in [0.25, 0.3) is 0 Å². The van der Waals surface area contributed by atoms with E-state index in [1.807, 2.05) is 33.9 Å². The zero-order chi connectivity index (χ0) is 15.8. The number of carbonyl (C=O) groups is 2. The summed E-state index contributed by atoms with van der Waals surface area (Å²) in [5, 5.41) is 8.72. The second-order valence-corrected chi connectivity index (χ2v) is 5.41. The summed E-state index contributed by atoms with van der Waals surface area (Å²) in [6.07, 6.45) is 1.28. The Bertz CT molecular complexity index is 504. The average molecular weight is 328 g/mol. The van der Waals surface area contributed by atoms with Crippen molar-refractivity contribution in [3.8, 4) is 0 Å². The molecule has 3 N–H and O–H groups in total. The summed E-state index contributed by atoms with van der Waals surface area (Å²) in [5.74, 6) is -0.0987. The van der Waals surface area contributed by atoms with Gasteiger partial charge in [-0.2, -0.15) is 0 Å². The van der Waals surface area contributed by atoms with Crippen molar-refractivity contribution in [3.63, 3.8) is 0 Å². The number of nitrogens with one attached hydrogen (secondary N) is 3. The number of benzene rings is 1. The fourth-order valence-corrected chi connectivity index (χ4v) is 1.99. The van der Waals surface area contributed by atoms with Crippen LogP contribution in [0.1, 0.15) is 42.6 Å².